The van der Waals surface area contributed by atoms with Gasteiger partial charge in [0.25, 0.3) is 0 Å². The summed E-state index contributed by atoms with van der Waals surface area (Å²) in [7, 11) is 0. The molecule has 1 saturated heterocycles. The van der Waals surface area contributed by atoms with Gasteiger partial charge in [0.1, 0.15) is 0 Å². The van der Waals surface area contributed by atoms with Gasteiger partial charge in [0.15, 0.2) is 5.13 Å². The fraction of sp³-hybridized carbons (Fsp3) is 0.700. The SMILES string of the molecule is c1csc(NCCN2CCCCC2)n1. The van der Waals surface area contributed by atoms with Crippen LogP contribution in [-0.4, -0.2) is 36.1 Å². The molecule has 14 heavy (non-hydrogen) atoms. The zero-order valence-electron chi connectivity index (χ0n) is 8.41. The molecule has 1 N–H and O–H groups in total. The summed E-state index contributed by atoms with van der Waals surface area (Å²) in [5.41, 5.74) is 0. The molecule has 0 bridgehead atoms. The predicted molar refractivity (Wildman–Crippen MR) is 60.9 cm³/mol. The van der Waals surface area contributed by atoms with Crippen molar-refractivity contribution in [2.45, 2.75) is 19.3 Å². The van der Waals surface area contributed by atoms with Crippen LogP contribution in [0.5, 0.6) is 0 Å². The first-order chi connectivity index (χ1) is 6.95. The highest BCUT2D eigenvalue weighted by Crippen LogP contribution is 2.11. The third-order valence-electron chi connectivity index (χ3n) is 2.59. The van der Waals surface area contributed by atoms with E-state index in [0.717, 1.165) is 18.2 Å². The van der Waals surface area contributed by atoms with Crippen LogP contribution in [0.4, 0.5) is 5.13 Å². The minimum absolute atomic E-state index is 1.02. The third kappa shape index (κ3) is 2.96. The number of hydrogen-bond donors (Lipinski definition) is 1. The van der Waals surface area contributed by atoms with Crippen molar-refractivity contribution in [1.82, 2.24) is 9.88 Å². The van der Waals surface area contributed by atoms with Crippen molar-refractivity contribution < 1.29 is 0 Å². The van der Waals surface area contributed by atoms with Crippen LogP contribution in [0.3, 0.4) is 0 Å². The second kappa shape index (κ2) is 5.32. The number of hydrogen-bond acceptors (Lipinski definition) is 4. The van der Waals surface area contributed by atoms with Crippen molar-refractivity contribution in [2.75, 3.05) is 31.5 Å². The molecule has 2 rings (SSSR count). The minimum Gasteiger partial charge on any atom is -0.360 e. The maximum Gasteiger partial charge on any atom is 0.182 e. The van der Waals surface area contributed by atoms with Crippen LogP contribution in [0, 0.1) is 0 Å². The molecule has 0 aromatic carbocycles. The van der Waals surface area contributed by atoms with Crippen LogP contribution in [0.25, 0.3) is 0 Å². The summed E-state index contributed by atoms with van der Waals surface area (Å²) in [5.74, 6) is 0. The minimum atomic E-state index is 1.02. The van der Waals surface area contributed by atoms with Gasteiger partial charge in [0.05, 0.1) is 0 Å². The summed E-state index contributed by atoms with van der Waals surface area (Å²) < 4.78 is 0. The lowest BCUT2D eigenvalue weighted by atomic mass is 10.1. The number of rotatable bonds is 4. The third-order valence-corrected chi connectivity index (χ3v) is 3.32. The first-order valence-corrected chi connectivity index (χ1v) is 6.19. The highest BCUT2D eigenvalue weighted by molar-refractivity contribution is 7.13. The first kappa shape index (κ1) is 9.93. The maximum absolute atomic E-state index is 4.19. The molecule has 1 aliphatic heterocycles. The monoisotopic (exact) mass is 211 g/mol. The lowest BCUT2D eigenvalue weighted by Gasteiger charge is -2.26. The Morgan fingerprint density at radius 2 is 2.21 bits per heavy atom. The van der Waals surface area contributed by atoms with E-state index in [1.165, 1.54) is 32.4 Å². The molecular weight excluding hydrogens is 194 g/mol. The highest BCUT2D eigenvalue weighted by atomic mass is 32.1. The van der Waals surface area contributed by atoms with Gasteiger partial charge < -0.3 is 10.2 Å². The largest absolute Gasteiger partial charge is 0.360 e. The van der Waals surface area contributed by atoms with Gasteiger partial charge >= 0.3 is 0 Å². The summed E-state index contributed by atoms with van der Waals surface area (Å²) in [6, 6.07) is 0. The molecular formula is C10H17N3S. The molecule has 0 aliphatic carbocycles. The van der Waals surface area contributed by atoms with Gasteiger partial charge in [-0.25, -0.2) is 4.98 Å². The first-order valence-electron chi connectivity index (χ1n) is 5.31. The average molecular weight is 211 g/mol. The van der Waals surface area contributed by atoms with E-state index in [2.05, 4.69) is 15.2 Å². The standard InChI is InChI=1S/C10H17N3S/c1-2-6-13(7-3-1)8-4-11-10-12-5-9-14-10/h5,9H,1-4,6-8H2,(H,11,12). The summed E-state index contributed by atoms with van der Waals surface area (Å²) in [6.07, 6.45) is 6.00. The normalized spacial score (nSPS) is 18.3. The van der Waals surface area contributed by atoms with Gasteiger partial charge in [-0.05, 0) is 25.9 Å². The summed E-state index contributed by atoms with van der Waals surface area (Å²) >= 11 is 1.67. The molecule has 78 valence electrons. The molecule has 3 nitrogen and oxygen atoms in total. The lowest BCUT2D eigenvalue weighted by molar-refractivity contribution is 0.237. The fourth-order valence-corrected chi connectivity index (χ4v) is 2.37. The number of aromatic nitrogens is 1. The van der Waals surface area contributed by atoms with Crippen molar-refractivity contribution in [3.05, 3.63) is 11.6 Å². The Hall–Kier alpha value is -0.610. The van der Waals surface area contributed by atoms with E-state index in [-0.39, 0.29) is 0 Å². The van der Waals surface area contributed by atoms with Crippen molar-refractivity contribution in [3.8, 4) is 0 Å². The van der Waals surface area contributed by atoms with Crippen molar-refractivity contribution in [1.29, 1.82) is 0 Å². The van der Waals surface area contributed by atoms with Crippen molar-refractivity contribution in [3.63, 3.8) is 0 Å². The molecule has 1 aromatic heterocycles. The van der Waals surface area contributed by atoms with Crippen LogP contribution in [0.2, 0.25) is 0 Å². The van der Waals surface area contributed by atoms with E-state index in [1.54, 1.807) is 11.3 Å². The van der Waals surface area contributed by atoms with E-state index in [0.29, 0.717) is 0 Å². The Kier molecular flexibility index (Phi) is 3.77. The molecule has 1 fully saturated rings. The summed E-state index contributed by atoms with van der Waals surface area (Å²) in [6.45, 7) is 4.73. The number of piperidine rings is 1. The summed E-state index contributed by atoms with van der Waals surface area (Å²) in [5, 5.41) is 6.38. The van der Waals surface area contributed by atoms with Crippen LogP contribution >= 0.6 is 11.3 Å². The van der Waals surface area contributed by atoms with Gasteiger partial charge in [-0.2, -0.15) is 0 Å². The van der Waals surface area contributed by atoms with Crippen LogP contribution in [0.1, 0.15) is 19.3 Å². The molecule has 2 heterocycles. The Bertz CT molecular complexity index is 242. The van der Waals surface area contributed by atoms with Gasteiger partial charge in [0, 0.05) is 24.7 Å². The van der Waals surface area contributed by atoms with Crippen LogP contribution in [0.15, 0.2) is 11.6 Å². The lowest BCUT2D eigenvalue weighted by Crippen LogP contribution is -2.33. The van der Waals surface area contributed by atoms with E-state index in [9.17, 15) is 0 Å². The molecule has 0 saturated carbocycles. The van der Waals surface area contributed by atoms with Crippen LogP contribution in [-0.2, 0) is 0 Å². The predicted octanol–water partition coefficient (Wildman–Crippen LogP) is 2.04. The molecule has 0 spiro atoms. The number of thiazole rings is 1. The van der Waals surface area contributed by atoms with E-state index in [1.807, 2.05) is 11.6 Å². The smallest absolute Gasteiger partial charge is 0.182 e. The number of anilines is 1. The molecule has 1 aliphatic rings. The van der Waals surface area contributed by atoms with Crippen LogP contribution < -0.4 is 5.32 Å². The van der Waals surface area contributed by atoms with E-state index >= 15 is 0 Å². The Morgan fingerprint density at radius 1 is 1.36 bits per heavy atom. The van der Waals surface area contributed by atoms with Crippen molar-refractivity contribution >= 4 is 16.5 Å². The van der Waals surface area contributed by atoms with Gasteiger partial charge in [0.2, 0.25) is 0 Å². The zero-order valence-corrected chi connectivity index (χ0v) is 9.22. The molecule has 4 heteroatoms. The summed E-state index contributed by atoms with van der Waals surface area (Å²) in [4.78, 5) is 6.72. The number of nitrogens with zero attached hydrogens (tertiary/aromatic N) is 2. The molecule has 0 unspecified atom stereocenters. The van der Waals surface area contributed by atoms with E-state index < -0.39 is 0 Å². The van der Waals surface area contributed by atoms with Gasteiger partial charge in [-0.3, -0.25) is 0 Å². The fourth-order valence-electron chi connectivity index (χ4n) is 1.81. The average Bonchev–Trinajstić information content (AvgIpc) is 2.72. The molecule has 0 atom stereocenters. The Balaban J connectivity index is 1.62. The van der Waals surface area contributed by atoms with E-state index in [4.69, 9.17) is 0 Å². The second-order valence-electron chi connectivity index (χ2n) is 3.67. The van der Waals surface area contributed by atoms with Gasteiger partial charge in [-0.15, -0.1) is 11.3 Å². The Labute approximate surface area is 89.1 Å². The topological polar surface area (TPSA) is 28.2 Å². The van der Waals surface area contributed by atoms with Gasteiger partial charge in [-0.1, -0.05) is 6.42 Å². The Morgan fingerprint density at radius 3 is 2.93 bits per heavy atom. The maximum atomic E-state index is 4.19. The highest BCUT2D eigenvalue weighted by Gasteiger charge is 2.08. The quantitative estimate of drug-likeness (QED) is 0.826. The molecule has 0 amide bonds. The second-order valence-corrected chi connectivity index (χ2v) is 4.56. The zero-order chi connectivity index (χ0) is 9.64. The number of likely N-dealkylation sites (tertiary alicyclic amines) is 1. The van der Waals surface area contributed by atoms with Crippen molar-refractivity contribution in [2.24, 2.45) is 0 Å². The number of nitrogens with one attached hydrogen (secondary N) is 1. The molecule has 1 aromatic rings. The molecule has 0 radical (unpaired) electrons.